The maximum Gasteiger partial charge on any atom is 0.240 e. The molecule has 2 fully saturated rings. The van der Waals surface area contributed by atoms with Gasteiger partial charge < -0.3 is 10.2 Å². The Morgan fingerprint density at radius 2 is 2.15 bits per heavy atom. The zero-order chi connectivity index (χ0) is 17.7. The van der Waals surface area contributed by atoms with Crippen molar-refractivity contribution in [3.8, 4) is 0 Å². The average molecular weight is 351 g/mol. The van der Waals surface area contributed by atoms with Crippen molar-refractivity contribution in [2.75, 3.05) is 5.32 Å². The van der Waals surface area contributed by atoms with Gasteiger partial charge in [0.15, 0.2) is 0 Å². The van der Waals surface area contributed by atoms with Crippen LogP contribution in [-0.2, 0) is 9.63 Å². The van der Waals surface area contributed by atoms with Gasteiger partial charge in [0.05, 0.1) is 6.04 Å². The van der Waals surface area contributed by atoms with E-state index in [1.54, 1.807) is 24.5 Å². The van der Waals surface area contributed by atoms with Gasteiger partial charge in [-0.3, -0.25) is 9.78 Å². The van der Waals surface area contributed by atoms with Crippen LogP contribution >= 0.6 is 0 Å². The molecule has 132 valence electrons. The van der Waals surface area contributed by atoms with E-state index in [0.717, 1.165) is 30.6 Å². The van der Waals surface area contributed by atoms with E-state index in [1.165, 1.54) is 17.7 Å². The monoisotopic (exact) mass is 351 g/mol. The minimum absolute atomic E-state index is 0.113. The lowest BCUT2D eigenvalue weighted by Crippen LogP contribution is -2.45. The second-order valence-corrected chi connectivity index (χ2v) is 7.14. The molecule has 1 aromatic carbocycles. The average Bonchev–Trinajstić information content (AvgIpc) is 3.36. The van der Waals surface area contributed by atoms with Gasteiger partial charge in [0.25, 0.3) is 0 Å². The molecule has 1 amide bonds. The Hall–Kier alpha value is -2.73. The molecule has 2 aromatic rings. The molecule has 3 atom stereocenters. The smallest absolute Gasteiger partial charge is 0.240 e. The third-order valence-electron chi connectivity index (χ3n) is 5.86. The van der Waals surface area contributed by atoms with Crippen LogP contribution in [-0.4, -0.2) is 10.9 Å². The third kappa shape index (κ3) is 2.05. The zero-order valence-corrected chi connectivity index (χ0v) is 14.0. The van der Waals surface area contributed by atoms with Gasteiger partial charge in [-0.1, -0.05) is 6.07 Å². The molecule has 0 spiro atoms. The number of hydroxylamine groups is 1. The lowest BCUT2D eigenvalue weighted by Gasteiger charge is -2.35. The van der Waals surface area contributed by atoms with Gasteiger partial charge in [0.1, 0.15) is 17.0 Å². The molecule has 1 aliphatic heterocycles. The fourth-order valence-corrected chi connectivity index (χ4v) is 4.72. The first-order chi connectivity index (χ1) is 12.7. The number of halogens is 1. The standard InChI is InChI=1S/C20H18FN3O2/c21-15-5-7-16(8-6-15)23-19(25)20-14-4-3-12(10-14)18(20)26-24-17(20)13-2-1-9-22-11-13/h1-2,5-9,11,14,17,24H,3-4,10H2,(H,23,25). The summed E-state index contributed by atoms with van der Waals surface area (Å²) in [7, 11) is 0. The summed E-state index contributed by atoms with van der Waals surface area (Å²) >= 11 is 0. The van der Waals surface area contributed by atoms with Crippen molar-refractivity contribution in [2.24, 2.45) is 11.3 Å². The van der Waals surface area contributed by atoms with Crippen LogP contribution in [0, 0.1) is 17.2 Å². The summed E-state index contributed by atoms with van der Waals surface area (Å²) in [6, 6.07) is 9.36. The van der Waals surface area contributed by atoms with E-state index in [1.807, 2.05) is 12.1 Å². The molecule has 2 N–H and O–H groups in total. The number of rotatable bonds is 3. The topological polar surface area (TPSA) is 63.2 Å². The molecular weight excluding hydrogens is 333 g/mol. The van der Waals surface area contributed by atoms with E-state index in [4.69, 9.17) is 4.84 Å². The van der Waals surface area contributed by atoms with Crippen LogP contribution in [0.15, 0.2) is 60.1 Å². The van der Waals surface area contributed by atoms with E-state index < -0.39 is 5.41 Å². The number of nitrogens with zero attached hydrogens (tertiary/aromatic N) is 1. The summed E-state index contributed by atoms with van der Waals surface area (Å²) in [5.74, 6) is 0.510. The highest BCUT2D eigenvalue weighted by Gasteiger charge is 2.66. The Morgan fingerprint density at radius 3 is 2.92 bits per heavy atom. The van der Waals surface area contributed by atoms with Crippen molar-refractivity contribution >= 4 is 11.6 Å². The van der Waals surface area contributed by atoms with E-state index in [0.29, 0.717) is 5.69 Å². The van der Waals surface area contributed by atoms with Crippen molar-refractivity contribution in [2.45, 2.75) is 25.3 Å². The van der Waals surface area contributed by atoms with Crippen LogP contribution < -0.4 is 10.8 Å². The number of amides is 1. The highest BCUT2D eigenvalue weighted by Crippen LogP contribution is 2.64. The van der Waals surface area contributed by atoms with Crippen LogP contribution in [0.2, 0.25) is 0 Å². The Morgan fingerprint density at radius 1 is 1.31 bits per heavy atom. The quantitative estimate of drug-likeness (QED) is 0.889. The summed E-state index contributed by atoms with van der Waals surface area (Å²) in [5, 5.41) is 2.98. The SMILES string of the molecule is O=C(Nc1ccc(F)cc1)C12C(=C3CCC1C3)ONC2c1cccnc1. The van der Waals surface area contributed by atoms with Gasteiger partial charge in [0.2, 0.25) is 5.91 Å². The summed E-state index contributed by atoms with van der Waals surface area (Å²) in [6.07, 6.45) is 6.33. The molecule has 26 heavy (non-hydrogen) atoms. The molecule has 2 heterocycles. The Kier molecular flexibility index (Phi) is 3.37. The summed E-state index contributed by atoms with van der Waals surface area (Å²) < 4.78 is 13.2. The number of nitrogens with one attached hydrogen (secondary N) is 2. The van der Waals surface area contributed by atoms with Gasteiger partial charge in [-0.05, 0) is 66.6 Å². The number of pyridine rings is 1. The second-order valence-electron chi connectivity index (χ2n) is 7.14. The van der Waals surface area contributed by atoms with Gasteiger partial charge >= 0.3 is 0 Å². The number of hydrogen-bond donors (Lipinski definition) is 2. The first-order valence-electron chi connectivity index (χ1n) is 8.81. The van der Waals surface area contributed by atoms with Crippen LogP contribution in [0.3, 0.4) is 0 Å². The fourth-order valence-electron chi connectivity index (χ4n) is 4.72. The molecule has 3 unspecified atom stereocenters. The van der Waals surface area contributed by atoms with E-state index in [9.17, 15) is 9.18 Å². The van der Waals surface area contributed by atoms with Crippen LogP contribution in [0.5, 0.6) is 0 Å². The largest absolute Gasteiger partial charge is 0.411 e. The summed E-state index contributed by atoms with van der Waals surface area (Å²) in [6.45, 7) is 0. The third-order valence-corrected chi connectivity index (χ3v) is 5.86. The van der Waals surface area contributed by atoms with Gasteiger partial charge in [-0.2, -0.15) is 0 Å². The number of hydrogen-bond acceptors (Lipinski definition) is 4. The molecule has 2 bridgehead atoms. The van der Waals surface area contributed by atoms with E-state index in [-0.39, 0.29) is 23.7 Å². The normalized spacial score (nSPS) is 28.8. The number of aromatic nitrogens is 1. The lowest BCUT2D eigenvalue weighted by molar-refractivity contribution is -0.127. The first-order valence-corrected chi connectivity index (χ1v) is 8.81. The van der Waals surface area contributed by atoms with Gasteiger partial charge in [-0.15, -0.1) is 5.48 Å². The van der Waals surface area contributed by atoms with Crippen LogP contribution in [0.1, 0.15) is 30.9 Å². The molecule has 6 heteroatoms. The highest BCUT2D eigenvalue weighted by molar-refractivity contribution is 5.99. The van der Waals surface area contributed by atoms with Gasteiger partial charge in [0, 0.05) is 18.1 Å². The number of carbonyl (C=O) groups is 1. The number of anilines is 1. The van der Waals surface area contributed by atoms with Crippen molar-refractivity contribution in [3.05, 3.63) is 71.5 Å². The Balaban J connectivity index is 1.57. The zero-order valence-electron chi connectivity index (χ0n) is 14.0. The van der Waals surface area contributed by atoms with Crippen molar-refractivity contribution in [1.82, 2.24) is 10.5 Å². The predicted octanol–water partition coefficient (Wildman–Crippen LogP) is 3.49. The molecule has 2 aliphatic carbocycles. The number of allylic oxidation sites excluding steroid dienone is 1. The first kappa shape index (κ1) is 15.5. The van der Waals surface area contributed by atoms with Crippen molar-refractivity contribution in [3.63, 3.8) is 0 Å². The summed E-state index contributed by atoms with van der Waals surface area (Å²) in [5.41, 5.74) is 5.01. The summed E-state index contributed by atoms with van der Waals surface area (Å²) in [4.78, 5) is 23.5. The van der Waals surface area contributed by atoms with E-state index >= 15 is 0 Å². The Bertz CT molecular complexity index is 897. The van der Waals surface area contributed by atoms with E-state index in [2.05, 4.69) is 15.8 Å². The van der Waals surface area contributed by atoms with Crippen molar-refractivity contribution in [1.29, 1.82) is 0 Å². The molecular formula is C20H18FN3O2. The molecule has 5 rings (SSSR count). The molecule has 1 saturated heterocycles. The Labute approximate surface area is 150 Å². The number of benzene rings is 1. The highest BCUT2D eigenvalue weighted by atomic mass is 19.1. The minimum Gasteiger partial charge on any atom is -0.411 e. The van der Waals surface area contributed by atoms with Crippen LogP contribution in [0.4, 0.5) is 10.1 Å². The van der Waals surface area contributed by atoms with Gasteiger partial charge in [-0.25, -0.2) is 4.39 Å². The molecule has 0 radical (unpaired) electrons. The van der Waals surface area contributed by atoms with Crippen LogP contribution in [0.25, 0.3) is 0 Å². The molecule has 3 aliphatic rings. The predicted molar refractivity (Wildman–Crippen MR) is 93.0 cm³/mol. The fraction of sp³-hybridized carbons (Fsp3) is 0.300. The molecule has 1 aromatic heterocycles. The lowest BCUT2D eigenvalue weighted by atomic mass is 9.67. The molecule has 1 saturated carbocycles. The number of carbonyl (C=O) groups excluding carboxylic acids is 1. The maximum atomic E-state index is 13.5. The minimum atomic E-state index is -0.787. The second kappa shape index (κ2) is 5.64. The number of fused-ring (bicyclic) bond motifs is 4. The maximum absolute atomic E-state index is 13.5. The van der Waals surface area contributed by atoms with Crippen molar-refractivity contribution < 1.29 is 14.0 Å². The molecule has 5 nitrogen and oxygen atoms in total.